The zero-order valence-electron chi connectivity index (χ0n) is 16.1. The van der Waals surface area contributed by atoms with Crippen LogP contribution in [0.3, 0.4) is 0 Å². The second kappa shape index (κ2) is 8.20. The van der Waals surface area contributed by atoms with Gasteiger partial charge in [-0.05, 0) is 45.1 Å². The summed E-state index contributed by atoms with van der Waals surface area (Å²) in [7, 11) is 0. The molecule has 1 aliphatic heterocycles. The van der Waals surface area contributed by atoms with Crippen molar-refractivity contribution in [3.05, 3.63) is 10.8 Å². The van der Waals surface area contributed by atoms with Crippen LogP contribution < -0.4 is 5.32 Å². The summed E-state index contributed by atoms with van der Waals surface area (Å²) in [5, 5.41) is 13.0. The van der Waals surface area contributed by atoms with E-state index in [1.54, 1.807) is 20.8 Å². The number of nitrogens with zero attached hydrogens (tertiary/aromatic N) is 3. The fourth-order valence-corrected chi connectivity index (χ4v) is 3.43. The number of rotatable bonds is 5. The van der Waals surface area contributed by atoms with Gasteiger partial charge in [0.05, 0.1) is 6.54 Å². The molecule has 9 nitrogen and oxygen atoms in total. The van der Waals surface area contributed by atoms with Gasteiger partial charge in [-0.3, -0.25) is 9.59 Å². The molecule has 0 atom stereocenters. The predicted octanol–water partition coefficient (Wildman–Crippen LogP) is 1.82. The van der Waals surface area contributed by atoms with Crippen LogP contribution in [0.1, 0.15) is 51.4 Å². The summed E-state index contributed by atoms with van der Waals surface area (Å²) in [5.74, 6) is -1.05. The van der Waals surface area contributed by atoms with E-state index < -0.39 is 29.0 Å². The Hall–Kier alpha value is -2.23. The average molecular weight is 398 g/mol. The van der Waals surface area contributed by atoms with Crippen LogP contribution in [-0.2, 0) is 27.3 Å². The lowest BCUT2D eigenvalue weighted by atomic mass is 9.77. The van der Waals surface area contributed by atoms with E-state index >= 15 is 0 Å². The molecule has 2 heterocycles. The molecule has 0 spiro atoms. The molecule has 1 aromatic heterocycles. The maximum absolute atomic E-state index is 12.6. The van der Waals surface area contributed by atoms with Crippen LogP contribution in [0.25, 0.3) is 0 Å². The van der Waals surface area contributed by atoms with Gasteiger partial charge in [0.1, 0.15) is 21.8 Å². The molecule has 2 amide bonds. The van der Waals surface area contributed by atoms with Crippen LogP contribution in [0, 0.1) is 5.41 Å². The highest BCUT2D eigenvalue weighted by Gasteiger charge is 2.49. The molecule has 0 saturated carbocycles. The number of amides is 2. The average Bonchev–Trinajstić information content (AvgIpc) is 3.06. The van der Waals surface area contributed by atoms with Gasteiger partial charge in [0.25, 0.3) is 0 Å². The number of carbonyl (C=O) groups is 3. The number of nitrogens with one attached hydrogen (secondary N) is 1. The highest BCUT2D eigenvalue weighted by molar-refractivity contribution is 7.05. The van der Waals surface area contributed by atoms with Gasteiger partial charge in [0.2, 0.25) is 5.91 Å². The standard InChI is InChI=1S/C17H26N4O5S/c1-5-11-19-12(27-20-11)10-18-13(22)17(14(23)24)6-8-21(9-7-17)15(25)26-16(2,3)4/h5-10H2,1-4H3,(H,18,22)(H,23,24). The SMILES string of the molecule is CCc1nsc(CNC(=O)C2(C(=O)O)CCN(C(=O)OC(C)(C)C)CC2)n1. The molecule has 1 fully saturated rings. The number of carboxylic acid groups (broad SMARTS) is 1. The van der Waals surface area contributed by atoms with Crippen LogP contribution in [0.2, 0.25) is 0 Å². The summed E-state index contributed by atoms with van der Waals surface area (Å²) in [6.07, 6.45) is 0.264. The minimum Gasteiger partial charge on any atom is -0.480 e. The molecule has 150 valence electrons. The predicted molar refractivity (Wildman–Crippen MR) is 98.2 cm³/mol. The van der Waals surface area contributed by atoms with Crippen molar-refractivity contribution in [1.29, 1.82) is 0 Å². The lowest BCUT2D eigenvalue weighted by Crippen LogP contribution is -2.54. The fourth-order valence-electron chi connectivity index (χ4n) is 2.77. The second-order valence-corrected chi connectivity index (χ2v) is 8.33. The van der Waals surface area contributed by atoms with Crippen LogP contribution in [0.15, 0.2) is 0 Å². The highest BCUT2D eigenvalue weighted by Crippen LogP contribution is 2.33. The first-order valence-corrected chi connectivity index (χ1v) is 9.66. The molecule has 10 heteroatoms. The number of hydrogen-bond acceptors (Lipinski definition) is 7. The third-order valence-corrected chi connectivity index (χ3v) is 5.09. The Labute approximate surface area is 162 Å². The van der Waals surface area contributed by atoms with E-state index in [-0.39, 0.29) is 32.5 Å². The van der Waals surface area contributed by atoms with Crippen molar-refractivity contribution in [2.24, 2.45) is 5.41 Å². The van der Waals surface area contributed by atoms with Crippen molar-refractivity contribution in [2.45, 2.75) is 59.1 Å². The van der Waals surface area contributed by atoms with E-state index in [0.717, 1.165) is 0 Å². The van der Waals surface area contributed by atoms with Gasteiger partial charge in [-0.1, -0.05) is 6.92 Å². The minimum atomic E-state index is -1.56. The molecule has 0 bridgehead atoms. The molecular weight excluding hydrogens is 372 g/mol. The first kappa shape index (κ1) is 21.1. The highest BCUT2D eigenvalue weighted by atomic mass is 32.1. The van der Waals surface area contributed by atoms with Crippen molar-refractivity contribution in [3.63, 3.8) is 0 Å². The molecule has 1 aromatic rings. The molecule has 0 aliphatic carbocycles. The van der Waals surface area contributed by atoms with Crippen molar-refractivity contribution in [1.82, 2.24) is 19.6 Å². The van der Waals surface area contributed by atoms with Gasteiger partial charge in [0, 0.05) is 19.5 Å². The number of aliphatic carboxylic acids is 1. The molecular formula is C17H26N4O5S. The molecule has 1 aliphatic rings. The van der Waals surface area contributed by atoms with E-state index in [0.29, 0.717) is 17.3 Å². The molecule has 27 heavy (non-hydrogen) atoms. The van der Waals surface area contributed by atoms with Crippen LogP contribution in [0.4, 0.5) is 4.79 Å². The van der Waals surface area contributed by atoms with Crippen molar-refractivity contribution in [2.75, 3.05) is 13.1 Å². The summed E-state index contributed by atoms with van der Waals surface area (Å²) in [6, 6.07) is 0. The number of carbonyl (C=O) groups excluding carboxylic acids is 2. The minimum absolute atomic E-state index is 0.0315. The molecule has 1 saturated heterocycles. The maximum atomic E-state index is 12.6. The second-order valence-electron chi connectivity index (χ2n) is 7.50. The number of ether oxygens (including phenoxy) is 1. The fraction of sp³-hybridized carbons (Fsp3) is 0.706. The van der Waals surface area contributed by atoms with Crippen molar-refractivity contribution in [3.8, 4) is 0 Å². The molecule has 0 radical (unpaired) electrons. The van der Waals surface area contributed by atoms with Crippen LogP contribution in [-0.4, -0.2) is 56.0 Å². The van der Waals surface area contributed by atoms with E-state index in [4.69, 9.17) is 4.74 Å². The summed E-state index contributed by atoms with van der Waals surface area (Å²) in [5.41, 5.74) is -2.19. The molecule has 0 aromatic carbocycles. The Kier molecular flexibility index (Phi) is 6.40. The van der Waals surface area contributed by atoms with Gasteiger partial charge in [0.15, 0.2) is 0 Å². The first-order valence-electron chi connectivity index (χ1n) is 8.88. The summed E-state index contributed by atoms with van der Waals surface area (Å²) < 4.78 is 9.45. The van der Waals surface area contributed by atoms with Gasteiger partial charge >= 0.3 is 12.1 Å². The molecule has 0 unspecified atom stereocenters. The summed E-state index contributed by atoms with van der Waals surface area (Å²) in [4.78, 5) is 42.4. The Morgan fingerprint density at radius 2 is 1.93 bits per heavy atom. The van der Waals surface area contributed by atoms with Gasteiger partial charge < -0.3 is 20.1 Å². The van der Waals surface area contributed by atoms with E-state index in [1.165, 1.54) is 16.4 Å². The number of aryl methyl sites for hydroxylation is 1. The van der Waals surface area contributed by atoms with E-state index in [1.807, 2.05) is 6.92 Å². The third-order valence-electron chi connectivity index (χ3n) is 4.34. The largest absolute Gasteiger partial charge is 0.480 e. The number of likely N-dealkylation sites (tertiary alicyclic amines) is 1. The monoisotopic (exact) mass is 398 g/mol. The van der Waals surface area contributed by atoms with Crippen LogP contribution >= 0.6 is 11.5 Å². The number of piperidine rings is 1. The molecule has 2 rings (SSSR count). The molecule has 2 N–H and O–H groups in total. The lowest BCUT2D eigenvalue weighted by Gasteiger charge is -2.38. The Bertz CT molecular complexity index is 704. The van der Waals surface area contributed by atoms with E-state index in [2.05, 4.69) is 14.7 Å². The summed E-state index contributed by atoms with van der Waals surface area (Å²) in [6.45, 7) is 7.66. The van der Waals surface area contributed by atoms with Gasteiger partial charge in [-0.2, -0.15) is 4.37 Å². The van der Waals surface area contributed by atoms with Gasteiger partial charge in [-0.25, -0.2) is 9.78 Å². The van der Waals surface area contributed by atoms with Crippen molar-refractivity contribution < 1.29 is 24.2 Å². The maximum Gasteiger partial charge on any atom is 0.410 e. The Morgan fingerprint density at radius 1 is 1.30 bits per heavy atom. The normalized spacial score (nSPS) is 16.7. The zero-order chi connectivity index (χ0) is 20.2. The number of aromatic nitrogens is 2. The lowest BCUT2D eigenvalue weighted by molar-refractivity contribution is -0.159. The van der Waals surface area contributed by atoms with E-state index in [9.17, 15) is 19.5 Å². The van der Waals surface area contributed by atoms with Crippen molar-refractivity contribution >= 4 is 29.5 Å². The quantitative estimate of drug-likeness (QED) is 0.726. The Morgan fingerprint density at radius 3 is 2.41 bits per heavy atom. The first-order chi connectivity index (χ1) is 12.6. The number of hydrogen-bond donors (Lipinski definition) is 2. The van der Waals surface area contributed by atoms with Gasteiger partial charge in [-0.15, -0.1) is 0 Å². The Balaban J connectivity index is 1.98. The number of carboxylic acids is 1. The zero-order valence-corrected chi connectivity index (χ0v) is 16.9. The topological polar surface area (TPSA) is 122 Å². The van der Waals surface area contributed by atoms with Crippen LogP contribution in [0.5, 0.6) is 0 Å². The smallest absolute Gasteiger partial charge is 0.410 e. The third kappa shape index (κ3) is 5.15. The summed E-state index contributed by atoms with van der Waals surface area (Å²) >= 11 is 1.19.